The minimum atomic E-state index is -5.93. The van der Waals surface area contributed by atoms with Crippen LogP contribution in [-0.4, -0.2) is 73.0 Å². The molecule has 0 heterocycles. The number of anilines is 1. The fourth-order valence-corrected chi connectivity index (χ4v) is 3.18. The summed E-state index contributed by atoms with van der Waals surface area (Å²) in [5, 5.41) is 28.3. The van der Waals surface area contributed by atoms with Gasteiger partial charge in [0.25, 0.3) is 5.60 Å². The van der Waals surface area contributed by atoms with Crippen LogP contribution >= 0.6 is 0 Å². The van der Waals surface area contributed by atoms with Gasteiger partial charge in [-0.15, -0.1) is 0 Å². The first-order valence-electron chi connectivity index (χ1n) is 11.2. The lowest BCUT2D eigenvalue weighted by atomic mass is 9.92. The average Bonchev–Trinajstić information content (AvgIpc) is 2.81. The van der Waals surface area contributed by atoms with Gasteiger partial charge < -0.3 is 10.4 Å². The van der Waals surface area contributed by atoms with Crippen LogP contribution in [0.4, 0.5) is 32.0 Å². The first kappa shape index (κ1) is 31.2. The largest absolute Gasteiger partial charge is 0.430 e. The Hall–Kier alpha value is -2.83. The summed E-state index contributed by atoms with van der Waals surface area (Å²) in [6.45, 7) is 11.4. The van der Waals surface area contributed by atoms with E-state index in [2.05, 4.69) is 27.5 Å². The molecule has 2 N–H and O–H groups in total. The molecule has 13 heteroatoms. The molecule has 0 bridgehead atoms. The number of rotatable bonds is 12. The van der Waals surface area contributed by atoms with Crippen molar-refractivity contribution in [2.75, 3.05) is 26.0 Å². The van der Waals surface area contributed by atoms with Crippen molar-refractivity contribution < 1.29 is 31.4 Å². The monoisotopic (exact) mass is 524 g/mol. The second kappa shape index (κ2) is 12.4. The van der Waals surface area contributed by atoms with Crippen LogP contribution in [0.5, 0.6) is 0 Å². The highest BCUT2D eigenvalue weighted by Crippen LogP contribution is 2.50. The van der Waals surface area contributed by atoms with Gasteiger partial charge >= 0.3 is 12.4 Å². The summed E-state index contributed by atoms with van der Waals surface area (Å²) in [4.78, 5) is 0. The van der Waals surface area contributed by atoms with E-state index in [-0.39, 0.29) is 18.1 Å². The van der Waals surface area contributed by atoms with Gasteiger partial charge in [-0.1, -0.05) is 29.0 Å². The molecule has 7 nitrogen and oxygen atoms in total. The summed E-state index contributed by atoms with van der Waals surface area (Å²) in [6, 6.07) is 2.92. The molecule has 2 unspecified atom stereocenters. The molecule has 36 heavy (non-hydrogen) atoms. The van der Waals surface area contributed by atoms with E-state index in [1.807, 2.05) is 33.8 Å². The van der Waals surface area contributed by atoms with Gasteiger partial charge in [0, 0.05) is 44.7 Å². The molecule has 1 rings (SSSR count). The van der Waals surface area contributed by atoms with Crippen LogP contribution in [0.1, 0.15) is 39.7 Å². The van der Waals surface area contributed by atoms with Crippen molar-refractivity contribution in [1.29, 1.82) is 0 Å². The van der Waals surface area contributed by atoms with Crippen LogP contribution in [0.3, 0.4) is 0 Å². The smallest absolute Gasteiger partial charge is 0.379 e. The lowest BCUT2D eigenvalue weighted by Gasteiger charge is -2.32. The molecule has 0 aromatic heterocycles. The third-order valence-corrected chi connectivity index (χ3v) is 6.11. The molecule has 0 aliphatic heterocycles. The maximum Gasteiger partial charge on any atom is 0.430 e. The topological polar surface area (TPSA) is 75.8 Å². The Morgan fingerprint density at radius 3 is 2.06 bits per heavy atom. The zero-order valence-electron chi connectivity index (χ0n) is 21.2. The number of likely N-dealkylation sites (N-methyl/N-ethyl adjacent to an activating group) is 1. The molecule has 0 aliphatic carbocycles. The van der Waals surface area contributed by atoms with Crippen LogP contribution in [0, 0.1) is 0 Å². The summed E-state index contributed by atoms with van der Waals surface area (Å²) < 4.78 is 78.7. The summed E-state index contributed by atoms with van der Waals surface area (Å²) >= 11 is 0. The number of aliphatic hydroxyl groups is 1. The Bertz CT molecular complexity index is 886. The van der Waals surface area contributed by atoms with Gasteiger partial charge in [0.05, 0.1) is 12.1 Å². The van der Waals surface area contributed by atoms with E-state index in [1.54, 1.807) is 24.1 Å². The maximum absolute atomic E-state index is 13.1. The maximum atomic E-state index is 13.1. The van der Waals surface area contributed by atoms with Gasteiger partial charge in [-0.25, -0.2) is 0 Å². The van der Waals surface area contributed by atoms with Gasteiger partial charge in [0.1, 0.15) is 0 Å². The molecule has 0 spiro atoms. The first-order valence-corrected chi connectivity index (χ1v) is 11.2. The SMILES string of the molecule is C=NN(C)C(C)[C@@H](C)N=NN(C)CCC(Nc1ccc(C(O)(C(F)(F)F)C(F)(F)F)cc1)/C(C)=C/C. The van der Waals surface area contributed by atoms with Crippen LogP contribution in [0.25, 0.3) is 0 Å². The third kappa shape index (κ3) is 7.58. The first-order chi connectivity index (χ1) is 16.5. The summed E-state index contributed by atoms with van der Waals surface area (Å²) in [5.74, 6) is 0. The molecule has 3 atom stereocenters. The van der Waals surface area contributed by atoms with E-state index in [1.165, 1.54) is 0 Å². The quantitative estimate of drug-likeness (QED) is 0.120. The van der Waals surface area contributed by atoms with Gasteiger partial charge in [-0.2, -0.15) is 36.6 Å². The molecular weight excluding hydrogens is 490 g/mol. The summed E-state index contributed by atoms with van der Waals surface area (Å²) in [5.41, 5.74) is -5.07. The van der Waals surface area contributed by atoms with E-state index in [0.29, 0.717) is 30.8 Å². The van der Waals surface area contributed by atoms with E-state index in [9.17, 15) is 31.4 Å². The molecule has 0 fully saturated rings. The number of alkyl halides is 6. The Kier molecular flexibility index (Phi) is 10.8. The average molecular weight is 525 g/mol. The molecular formula is C23H34F6N6O. The zero-order chi connectivity index (χ0) is 27.9. The van der Waals surface area contributed by atoms with Crippen LogP contribution < -0.4 is 5.32 Å². The van der Waals surface area contributed by atoms with Crippen LogP contribution in [-0.2, 0) is 5.60 Å². The number of benzene rings is 1. The number of hydrazone groups is 1. The number of halogens is 6. The summed E-state index contributed by atoms with van der Waals surface area (Å²) in [7, 11) is 3.52. The van der Waals surface area contributed by atoms with Gasteiger partial charge in [-0.05, 0) is 46.2 Å². The van der Waals surface area contributed by atoms with Gasteiger partial charge in [-0.3, -0.25) is 10.0 Å². The lowest BCUT2D eigenvalue weighted by Crippen LogP contribution is -2.53. The molecule has 1 aromatic rings. The van der Waals surface area contributed by atoms with Crippen molar-refractivity contribution in [3.8, 4) is 0 Å². The molecule has 0 radical (unpaired) electrons. The lowest BCUT2D eigenvalue weighted by molar-refractivity contribution is -0.376. The highest BCUT2D eigenvalue weighted by Gasteiger charge is 2.71. The van der Waals surface area contributed by atoms with Crippen molar-refractivity contribution in [3.05, 3.63) is 41.5 Å². The molecule has 1 aromatic carbocycles. The summed E-state index contributed by atoms with van der Waals surface area (Å²) in [6.07, 6.45) is -9.51. The fraction of sp³-hybridized carbons (Fsp3) is 0.609. The van der Waals surface area contributed by atoms with Gasteiger partial charge in [0.2, 0.25) is 0 Å². The zero-order valence-corrected chi connectivity index (χ0v) is 21.2. The highest BCUT2D eigenvalue weighted by molar-refractivity contribution is 5.48. The second-order valence-corrected chi connectivity index (χ2v) is 8.58. The highest BCUT2D eigenvalue weighted by atomic mass is 19.4. The molecule has 0 saturated heterocycles. The number of hydrogen-bond donors (Lipinski definition) is 2. The van der Waals surface area contributed by atoms with Gasteiger partial charge in [0.15, 0.2) is 0 Å². The van der Waals surface area contributed by atoms with Crippen molar-refractivity contribution in [2.45, 2.75) is 70.2 Å². The van der Waals surface area contributed by atoms with Crippen LogP contribution in [0.15, 0.2) is 51.4 Å². The van der Waals surface area contributed by atoms with Crippen molar-refractivity contribution in [3.63, 3.8) is 0 Å². The predicted octanol–water partition coefficient (Wildman–Crippen LogP) is 5.76. The minimum Gasteiger partial charge on any atom is -0.379 e. The Balaban J connectivity index is 2.96. The Labute approximate surface area is 207 Å². The number of nitrogens with zero attached hydrogens (tertiary/aromatic N) is 5. The normalized spacial score (nSPS) is 16.0. The molecule has 204 valence electrons. The van der Waals surface area contributed by atoms with E-state index in [4.69, 9.17) is 0 Å². The Morgan fingerprint density at radius 2 is 1.61 bits per heavy atom. The van der Waals surface area contributed by atoms with Crippen LogP contribution in [0.2, 0.25) is 0 Å². The number of nitrogens with one attached hydrogen (secondary N) is 1. The second-order valence-electron chi connectivity index (χ2n) is 8.58. The standard InChI is InChI=1S/C23H34F6N6O/c1-8-15(2)20(13-14-34(6)33-32-16(3)17(4)35(7)30-5)31-19-11-9-18(10-12-19)21(36,22(24,25)26)23(27,28)29/h8-12,16-17,20,31,36H,5,13-14H2,1-4,6-7H3/b15-8+,33-32?/t16-,17?,20?/m1/s1. The van der Waals surface area contributed by atoms with Crippen molar-refractivity contribution >= 4 is 12.4 Å². The number of allylic oxidation sites excluding steroid dienone is 1. The van der Waals surface area contributed by atoms with E-state index in [0.717, 1.165) is 17.7 Å². The predicted molar refractivity (Wildman–Crippen MR) is 128 cm³/mol. The Morgan fingerprint density at radius 1 is 1.08 bits per heavy atom. The van der Waals surface area contributed by atoms with Crippen molar-refractivity contribution in [1.82, 2.24) is 10.0 Å². The third-order valence-electron chi connectivity index (χ3n) is 6.11. The molecule has 0 saturated carbocycles. The van der Waals surface area contributed by atoms with E-state index < -0.39 is 23.5 Å². The molecule has 0 aliphatic rings. The number of hydrogen-bond acceptors (Lipinski definition) is 6. The minimum absolute atomic E-state index is 0.0188. The molecule has 0 amide bonds. The van der Waals surface area contributed by atoms with Crippen molar-refractivity contribution in [2.24, 2.45) is 15.4 Å². The fourth-order valence-electron chi connectivity index (χ4n) is 3.18. The van der Waals surface area contributed by atoms with E-state index >= 15 is 0 Å².